The van der Waals surface area contributed by atoms with E-state index >= 15 is 0 Å². The molecular formula is C15H20N2O3. The van der Waals surface area contributed by atoms with Crippen molar-refractivity contribution in [1.29, 1.82) is 0 Å². The fourth-order valence-corrected chi connectivity index (χ4v) is 2.20. The molecule has 5 nitrogen and oxygen atoms in total. The Balaban J connectivity index is 1.75. The zero-order valence-corrected chi connectivity index (χ0v) is 11.8. The summed E-state index contributed by atoms with van der Waals surface area (Å²) in [5, 5.41) is 14.5. The Bertz CT molecular complexity index is 526. The van der Waals surface area contributed by atoms with Crippen LogP contribution < -0.4 is 10.6 Å². The van der Waals surface area contributed by atoms with E-state index in [9.17, 15) is 9.59 Å². The minimum Gasteiger partial charge on any atom is -0.478 e. The fourth-order valence-electron chi connectivity index (χ4n) is 2.20. The molecule has 0 aliphatic heterocycles. The van der Waals surface area contributed by atoms with E-state index in [1.54, 1.807) is 18.2 Å². The van der Waals surface area contributed by atoms with Crippen LogP contribution in [0.25, 0.3) is 0 Å². The smallest absolute Gasteiger partial charge is 0.335 e. The number of nitrogens with one attached hydrogen (secondary N) is 2. The molecule has 20 heavy (non-hydrogen) atoms. The van der Waals surface area contributed by atoms with Crippen LogP contribution in [0, 0.1) is 11.3 Å². The minimum atomic E-state index is -0.965. The van der Waals surface area contributed by atoms with Gasteiger partial charge in [0, 0.05) is 13.1 Å². The third-order valence-electron chi connectivity index (χ3n) is 3.85. The van der Waals surface area contributed by atoms with Crippen LogP contribution >= 0.6 is 0 Å². The maximum Gasteiger partial charge on any atom is 0.335 e. The van der Waals surface area contributed by atoms with Crippen molar-refractivity contribution in [1.82, 2.24) is 10.6 Å². The molecule has 0 bridgehead atoms. The summed E-state index contributed by atoms with van der Waals surface area (Å²) >= 11 is 0. The van der Waals surface area contributed by atoms with Gasteiger partial charge in [-0.25, -0.2) is 9.59 Å². The molecule has 1 saturated carbocycles. The van der Waals surface area contributed by atoms with Crippen molar-refractivity contribution >= 4 is 12.0 Å². The van der Waals surface area contributed by atoms with Crippen molar-refractivity contribution in [2.75, 3.05) is 6.54 Å². The number of carbonyl (C=O) groups excluding carboxylic acids is 1. The highest BCUT2D eigenvalue weighted by molar-refractivity contribution is 5.87. The summed E-state index contributed by atoms with van der Waals surface area (Å²) in [6.45, 7) is 5.39. The number of aromatic carboxylic acids is 1. The summed E-state index contributed by atoms with van der Waals surface area (Å²) in [6.07, 6.45) is 1.15. The molecule has 3 N–H and O–H groups in total. The van der Waals surface area contributed by atoms with Crippen molar-refractivity contribution in [3.05, 3.63) is 35.4 Å². The quantitative estimate of drug-likeness (QED) is 0.771. The number of rotatable bonds is 5. The highest BCUT2D eigenvalue weighted by atomic mass is 16.4. The Kier molecular flexibility index (Phi) is 3.97. The van der Waals surface area contributed by atoms with Crippen LogP contribution in [-0.4, -0.2) is 23.7 Å². The molecule has 0 spiro atoms. The van der Waals surface area contributed by atoms with Crippen LogP contribution in [0.3, 0.4) is 0 Å². The molecule has 0 radical (unpaired) electrons. The molecule has 0 heterocycles. The molecule has 0 aromatic heterocycles. The number of amides is 2. The maximum absolute atomic E-state index is 11.6. The van der Waals surface area contributed by atoms with Gasteiger partial charge in [0.1, 0.15) is 0 Å². The molecule has 0 saturated heterocycles. The average molecular weight is 276 g/mol. The van der Waals surface area contributed by atoms with Crippen LogP contribution in [0.4, 0.5) is 4.79 Å². The standard InChI is InChI=1S/C15H20N2O3/c1-15(2)7-12(15)9-17-14(20)16-8-10-4-3-5-11(6-10)13(18)19/h3-6,12H,7-9H2,1-2H3,(H,18,19)(H2,16,17,20). The van der Waals surface area contributed by atoms with Gasteiger partial charge in [0.15, 0.2) is 0 Å². The minimum absolute atomic E-state index is 0.214. The number of benzene rings is 1. The highest BCUT2D eigenvalue weighted by Gasteiger charge is 2.45. The lowest BCUT2D eigenvalue weighted by molar-refractivity contribution is 0.0696. The van der Waals surface area contributed by atoms with Crippen molar-refractivity contribution in [2.45, 2.75) is 26.8 Å². The molecule has 1 aromatic rings. The molecule has 2 amide bonds. The van der Waals surface area contributed by atoms with Gasteiger partial charge in [-0.2, -0.15) is 0 Å². The van der Waals surface area contributed by atoms with Crippen LogP contribution in [-0.2, 0) is 6.54 Å². The van der Waals surface area contributed by atoms with Gasteiger partial charge in [0.2, 0.25) is 0 Å². The van der Waals surface area contributed by atoms with E-state index in [0.717, 1.165) is 12.0 Å². The first-order valence-electron chi connectivity index (χ1n) is 6.72. The second-order valence-electron chi connectivity index (χ2n) is 5.96. The second kappa shape index (κ2) is 5.53. The number of carboxylic acids is 1. The first kappa shape index (κ1) is 14.4. The molecule has 1 fully saturated rings. The van der Waals surface area contributed by atoms with E-state index in [4.69, 9.17) is 5.11 Å². The average Bonchev–Trinajstić information content (AvgIpc) is 3.02. The van der Waals surface area contributed by atoms with Crippen molar-refractivity contribution in [3.63, 3.8) is 0 Å². The predicted molar refractivity (Wildman–Crippen MR) is 75.5 cm³/mol. The van der Waals surface area contributed by atoms with E-state index in [0.29, 0.717) is 24.4 Å². The summed E-state index contributed by atoms with van der Waals surface area (Å²) in [6, 6.07) is 6.34. The van der Waals surface area contributed by atoms with Crippen LogP contribution in [0.15, 0.2) is 24.3 Å². The Morgan fingerprint density at radius 3 is 2.65 bits per heavy atom. The summed E-state index contributed by atoms with van der Waals surface area (Å²) in [7, 11) is 0. The van der Waals surface area contributed by atoms with Crippen molar-refractivity contribution < 1.29 is 14.7 Å². The van der Waals surface area contributed by atoms with Crippen molar-refractivity contribution in [2.24, 2.45) is 11.3 Å². The van der Waals surface area contributed by atoms with Gasteiger partial charge in [0.05, 0.1) is 5.56 Å². The van der Waals surface area contributed by atoms with Gasteiger partial charge in [-0.15, -0.1) is 0 Å². The van der Waals surface area contributed by atoms with Crippen LogP contribution in [0.1, 0.15) is 36.2 Å². The Morgan fingerprint density at radius 2 is 2.05 bits per heavy atom. The predicted octanol–water partition coefficient (Wildman–Crippen LogP) is 2.23. The Morgan fingerprint density at radius 1 is 1.35 bits per heavy atom. The van der Waals surface area contributed by atoms with E-state index in [2.05, 4.69) is 24.5 Å². The molecule has 1 aliphatic carbocycles. The lowest BCUT2D eigenvalue weighted by atomic mass is 10.1. The number of carbonyl (C=O) groups is 2. The van der Waals surface area contributed by atoms with Gasteiger partial charge in [0.25, 0.3) is 0 Å². The lowest BCUT2D eigenvalue weighted by Gasteiger charge is -2.09. The Labute approximate surface area is 118 Å². The number of urea groups is 1. The van der Waals surface area contributed by atoms with Gasteiger partial charge >= 0.3 is 12.0 Å². The van der Waals surface area contributed by atoms with E-state index in [1.165, 1.54) is 6.07 Å². The fraction of sp³-hybridized carbons (Fsp3) is 0.467. The van der Waals surface area contributed by atoms with Gasteiger partial charge in [-0.3, -0.25) is 0 Å². The summed E-state index contributed by atoms with van der Waals surface area (Å²) in [5.41, 5.74) is 1.35. The molecule has 1 atom stereocenters. The third kappa shape index (κ3) is 3.73. The van der Waals surface area contributed by atoms with Crippen LogP contribution in [0.2, 0.25) is 0 Å². The first-order chi connectivity index (χ1) is 9.38. The van der Waals surface area contributed by atoms with Gasteiger partial charge < -0.3 is 15.7 Å². The molecule has 2 rings (SSSR count). The molecule has 1 aliphatic rings. The van der Waals surface area contributed by atoms with E-state index < -0.39 is 5.97 Å². The molecule has 108 valence electrons. The third-order valence-corrected chi connectivity index (χ3v) is 3.85. The van der Waals surface area contributed by atoms with E-state index in [-0.39, 0.29) is 11.6 Å². The molecule has 1 unspecified atom stereocenters. The summed E-state index contributed by atoms with van der Waals surface area (Å²) in [5.74, 6) is -0.407. The first-order valence-corrected chi connectivity index (χ1v) is 6.72. The van der Waals surface area contributed by atoms with Gasteiger partial charge in [-0.1, -0.05) is 26.0 Å². The normalized spacial score (nSPS) is 19.2. The van der Waals surface area contributed by atoms with Crippen molar-refractivity contribution in [3.8, 4) is 0 Å². The molecule has 5 heteroatoms. The maximum atomic E-state index is 11.6. The highest BCUT2D eigenvalue weighted by Crippen LogP contribution is 2.50. The Hall–Kier alpha value is -2.04. The molecular weight excluding hydrogens is 256 g/mol. The lowest BCUT2D eigenvalue weighted by Crippen LogP contribution is -2.36. The topological polar surface area (TPSA) is 78.4 Å². The number of hydrogen-bond donors (Lipinski definition) is 3. The van der Waals surface area contributed by atoms with E-state index in [1.807, 2.05) is 0 Å². The number of carboxylic acid groups (broad SMARTS) is 1. The zero-order valence-electron chi connectivity index (χ0n) is 11.8. The second-order valence-corrected chi connectivity index (χ2v) is 5.96. The largest absolute Gasteiger partial charge is 0.478 e. The molecule has 1 aromatic carbocycles. The number of hydrogen-bond acceptors (Lipinski definition) is 2. The summed E-state index contributed by atoms with van der Waals surface area (Å²) in [4.78, 5) is 22.5. The monoisotopic (exact) mass is 276 g/mol. The zero-order chi connectivity index (χ0) is 14.8. The SMILES string of the molecule is CC1(C)CC1CNC(=O)NCc1cccc(C(=O)O)c1. The summed E-state index contributed by atoms with van der Waals surface area (Å²) < 4.78 is 0. The van der Waals surface area contributed by atoms with Gasteiger partial charge in [-0.05, 0) is 35.4 Å². The van der Waals surface area contributed by atoms with Crippen LogP contribution in [0.5, 0.6) is 0 Å².